The maximum atomic E-state index is 13.0. The molecule has 1 unspecified atom stereocenters. The molecule has 15 nitrogen and oxygen atoms in total. The number of rotatable bonds is 10. The number of thiazole rings is 1. The van der Waals surface area contributed by atoms with Crippen molar-refractivity contribution in [3.8, 4) is 0 Å². The van der Waals surface area contributed by atoms with Gasteiger partial charge in [-0.2, -0.15) is 4.42 Å². The van der Waals surface area contributed by atoms with E-state index in [2.05, 4.69) is 36.7 Å². The topological polar surface area (TPSA) is 197 Å². The van der Waals surface area contributed by atoms with Crippen LogP contribution in [0.15, 0.2) is 20.2 Å². The van der Waals surface area contributed by atoms with Crippen molar-refractivity contribution in [2.75, 3.05) is 24.8 Å². The van der Waals surface area contributed by atoms with Gasteiger partial charge in [0.05, 0.1) is 0 Å². The highest BCUT2D eigenvalue weighted by atomic mass is 79.9. The Labute approximate surface area is 250 Å². The predicted octanol–water partition coefficient (Wildman–Crippen LogP) is 1.49. The van der Waals surface area contributed by atoms with Gasteiger partial charge in [0.2, 0.25) is 6.41 Å². The molecule has 5 amide bonds. The molecule has 2 aliphatic heterocycles. The largest absolute Gasteiger partial charge is 0.477 e. The zero-order valence-electron chi connectivity index (χ0n) is 19.1. The highest BCUT2D eigenvalue weighted by Gasteiger charge is 2.54. The molecule has 1 fully saturated rings. The monoisotopic (exact) mass is 706 g/mol. The van der Waals surface area contributed by atoms with Crippen LogP contribution in [-0.4, -0.2) is 97.0 Å². The summed E-state index contributed by atoms with van der Waals surface area (Å²) in [7, 11) is 1.19. The molecule has 1 aromatic rings. The number of fused-ring (bicyclic) bond motifs is 1. The Hall–Kier alpha value is -2.64. The first-order valence-corrected chi connectivity index (χ1v) is 13.9. The number of oxime groups is 1. The Bertz CT molecular complexity index is 1290. The zero-order chi connectivity index (χ0) is 29.0. The van der Waals surface area contributed by atoms with E-state index >= 15 is 0 Å². The van der Waals surface area contributed by atoms with Gasteiger partial charge in [0.25, 0.3) is 17.7 Å². The van der Waals surface area contributed by atoms with E-state index < -0.39 is 58.3 Å². The van der Waals surface area contributed by atoms with E-state index in [-0.39, 0.29) is 32.3 Å². The van der Waals surface area contributed by atoms with E-state index in [4.69, 9.17) is 44.6 Å². The molecule has 1 aromatic heterocycles. The van der Waals surface area contributed by atoms with Crippen LogP contribution in [0.5, 0.6) is 0 Å². The number of ether oxygens (including phenoxy) is 1. The van der Waals surface area contributed by atoms with Crippen molar-refractivity contribution in [1.82, 2.24) is 19.6 Å². The second-order valence-corrected chi connectivity index (χ2v) is 12.0. The van der Waals surface area contributed by atoms with E-state index in [1.165, 1.54) is 7.11 Å². The van der Waals surface area contributed by atoms with Crippen molar-refractivity contribution in [3.05, 3.63) is 20.8 Å². The maximum absolute atomic E-state index is 13.0. The molecule has 0 spiro atoms. The van der Waals surface area contributed by atoms with Gasteiger partial charge in [0.1, 0.15) is 40.3 Å². The minimum Gasteiger partial charge on any atom is -0.477 e. The Balaban J connectivity index is 1.75. The van der Waals surface area contributed by atoms with Crippen molar-refractivity contribution in [2.45, 2.75) is 16.3 Å². The lowest BCUT2D eigenvalue weighted by Gasteiger charge is -2.49. The highest BCUT2D eigenvalue weighted by Crippen LogP contribution is 2.40. The quantitative estimate of drug-likeness (QED) is 0.0795. The standard InChI is InChI=1S/C18H14BrCl3N6O9S2/c1-36-26-7(6-10(19)39-17(25-6)23-4-29)12(30)24-8-13(31)27-9(16(33)34)5(3-38-15(8)27)2-37-18(35)28(22)14(32)11(20)21/h4,8,11,15H,2-3H2,1H3,(H,24,30)(H,33,34)(H,23,25,29)/t8?,15-/m0/s1. The number of hydrogen-bond donors (Lipinski definition) is 3. The summed E-state index contributed by atoms with van der Waals surface area (Å²) in [6, 6.07) is -1.15. The minimum atomic E-state index is -1.64. The number of carboxylic acids is 1. The third-order valence-corrected chi connectivity index (χ3v) is 8.49. The summed E-state index contributed by atoms with van der Waals surface area (Å²) in [5, 5.41) is 17.6. The molecule has 1 saturated heterocycles. The van der Waals surface area contributed by atoms with Gasteiger partial charge in [-0.3, -0.25) is 24.1 Å². The summed E-state index contributed by atoms with van der Waals surface area (Å²) in [6.07, 6.45) is -0.963. The summed E-state index contributed by atoms with van der Waals surface area (Å²) >= 11 is 21.6. The summed E-state index contributed by atoms with van der Waals surface area (Å²) in [4.78, 5) is 80.3. The number of carboxylic acid groups (broad SMARTS) is 1. The Morgan fingerprint density at radius 1 is 1.38 bits per heavy atom. The molecule has 0 radical (unpaired) electrons. The maximum Gasteiger partial charge on any atom is 0.432 e. The summed E-state index contributed by atoms with van der Waals surface area (Å²) in [6.45, 7) is -0.619. The summed E-state index contributed by atoms with van der Waals surface area (Å²) in [5.74, 6) is -4.31. The third kappa shape index (κ3) is 6.58. The van der Waals surface area contributed by atoms with E-state index in [0.717, 1.165) is 28.0 Å². The second-order valence-electron chi connectivity index (χ2n) is 7.12. The normalized spacial score (nSPS) is 18.7. The first kappa shape index (κ1) is 30.9. The number of aliphatic carboxylic acids is 1. The second kappa shape index (κ2) is 13.1. The number of imide groups is 1. The number of alkyl halides is 2. The highest BCUT2D eigenvalue weighted by molar-refractivity contribution is 9.11. The molecule has 3 heterocycles. The van der Waals surface area contributed by atoms with Gasteiger partial charge >= 0.3 is 12.1 Å². The van der Waals surface area contributed by atoms with Crippen LogP contribution in [0.3, 0.4) is 0 Å². The number of hydrogen-bond acceptors (Lipinski definition) is 12. The van der Waals surface area contributed by atoms with Crippen molar-refractivity contribution in [3.63, 3.8) is 0 Å². The number of amides is 5. The number of β-lactam (4-membered cyclic amide) rings is 1. The Kier molecular flexibility index (Phi) is 10.4. The van der Waals surface area contributed by atoms with Crippen LogP contribution in [0.25, 0.3) is 0 Å². The van der Waals surface area contributed by atoms with Crippen molar-refractivity contribution in [1.29, 1.82) is 0 Å². The van der Waals surface area contributed by atoms with Crippen molar-refractivity contribution < 1.29 is 43.4 Å². The van der Waals surface area contributed by atoms with Gasteiger partial charge in [0, 0.05) is 23.1 Å². The number of carbonyl (C=O) groups is 6. The fraction of sp³-hybridized carbons (Fsp3) is 0.333. The molecule has 21 heteroatoms. The van der Waals surface area contributed by atoms with Crippen LogP contribution in [0.2, 0.25) is 0 Å². The van der Waals surface area contributed by atoms with E-state index in [0.29, 0.717) is 10.2 Å². The molecule has 0 saturated carbocycles. The van der Waals surface area contributed by atoms with Crippen molar-refractivity contribution in [2.24, 2.45) is 5.16 Å². The van der Waals surface area contributed by atoms with Crippen LogP contribution in [0.4, 0.5) is 9.93 Å². The Morgan fingerprint density at radius 3 is 2.67 bits per heavy atom. The molecule has 3 N–H and O–H groups in total. The van der Waals surface area contributed by atoms with Gasteiger partial charge < -0.3 is 25.3 Å². The molecule has 3 rings (SSSR count). The number of nitrogens with one attached hydrogen (secondary N) is 2. The van der Waals surface area contributed by atoms with Gasteiger partial charge in [-0.15, -0.1) is 11.8 Å². The minimum absolute atomic E-state index is 0.00259. The average Bonchev–Trinajstić information content (AvgIpc) is 3.26. The van der Waals surface area contributed by atoms with E-state index in [1.807, 2.05) is 0 Å². The average molecular weight is 709 g/mol. The fourth-order valence-electron chi connectivity index (χ4n) is 3.23. The molecule has 39 heavy (non-hydrogen) atoms. The smallest absolute Gasteiger partial charge is 0.432 e. The molecule has 0 aromatic carbocycles. The van der Waals surface area contributed by atoms with Crippen LogP contribution in [-0.2, 0) is 33.5 Å². The third-order valence-electron chi connectivity index (χ3n) is 4.84. The molecule has 0 aliphatic carbocycles. The fourth-order valence-corrected chi connectivity index (χ4v) is 6.39. The summed E-state index contributed by atoms with van der Waals surface area (Å²) < 4.78 is 5.22. The predicted molar refractivity (Wildman–Crippen MR) is 142 cm³/mol. The molecule has 2 atom stereocenters. The molecule has 0 bridgehead atoms. The molecular weight excluding hydrogens is 695 g/mol. The zero-order valence-corrected chi connectivity index (χ0v) is 24.5. The number of thioether (sulfide) groups is 1. The molecule has 2 aliphatic rings. The number of halogens is 4. The van der Waals surface area contributed by atoms with Gasteiger partial charge in [0.15, 0.2) is 15.7 Å². The Morgan fingerprint density at radius 2 is 2.08 bits per heavy atom. The van der Waals surface area contributed by atoms with Crippen LogP contribution in [0, 0.1) is 0 Å². The first-order chi connectivity index (χ1) is 18.4. The van der Waals surface area contributed by atoms with Gasteiger partial charge in [-0.05, 0) is 15.9 Å². The SMILES string of the molecule is CON=C(C(=O)NC1C(=O)N2C(C(=O)O)=C(COC(=O)N(Cl)C(=O)C(Cl)Cl)CS[C@@H]12)c1nc(NC=O)sc1Br. The first-order valence-electron chi connectivity index (χ1n) is 10.1. The van der Waals surface area contributed by atoms with Crippen LogP contribution in [0.1, 0.15) is 5.69 Å². The number of anilines is 1. The van der Waals surface area contributed by atoms with Crippen LogP contribution >= 0.6 is 74.0 Å². The number of carbonyl (C=O) groups excluding carboxylic acids is 5. The molecule has 210 valence electrons. The lowest BCUT2D eigenvalue weighted by atomic mass is 10.0. The molecular formula is C18H14BrCl3N6O9S2. The van der Waals surface area contributed by atoms with E-state index in [1.54, 1.807) is 0 Å². The number of nitrogens with zero attached hydrogens (tertiary/aromatic N) is 4. The van der Waals surface area contributed by atoms with Gasteiger partial charge in [-0.25, -0.2) is 14.6 Å². The van der Waals surface area contributed by atoms with Crippen molar-refractivity contribution >= 4 is 121 Å². The number of aromatic nitrogens is 1. The summed E-state index contributed by atoms with van der Waals surface area (Å²) in [5.41, 5.74) is -0.714. The van der Waals surface area contributed by atoms with Crippen LogP contribution < -0.4 is 10.6 Å². The van der Waals surface area contributed by atoms with Gasteiger partial charge in [-0.1, -0.05) is 39.7 Å². The van der Waals surface area contributed by atoms with E-state index in [9.17, 15) is 33.9 Å². The lowest BCUT2D eigenvalue weighted by Crippen LogP contribution is -2.71. The lowest BCUT2D eigenvalue weighted by molar-refractivity contribution is -0.150.